The van der Waals surface area contributed by atoms with Crippen molar-refractivity contribution in [3.63, 3.8) is 0 Å². The highest BCUT2D eigenvalue weighted by atomic mass is 16.5. The highest BCUT2D eigenvalue weighted by Crippen LogP contribution is 2.11. The number of rotatable bonds is 6. The van der Waals surface area contributed by atoms with Crippen LogP contribution in [0.2, 0.25) is 0 Å². The molecule has 1 fully saturated rings. The molecule has 1 saturated heterocycles. The van der Waals surface area contributed by atoms with Crippen LogP contribution in [0.1, 0.15) is 31.1 Å². The van der Waals surface area contributed by atoms with Crippen molar-refractivity contribution in [2.24, 2.45) is 0 Å². The first-order valence-electron chi connectivity index (χ1n) is 8.81. The maximum atomic E-state index is 12.4. The summed E-state index contributed by atoms with van der Waals surface area (Å²) in [6.45, 7) is 7.45. The molecule has 1 aliphatic rings. The number of amides is 1. The number of ether oxygens (including phenoxy) is 1. The molecule has 2 heterocycles. The Balaban J connectivity index is 1.49. The molecule has 0 saturated carbocycles. The fourth-order valence-corrected chi connectivity index (χ4v) is 2.90. The molecule has 0 bridgehead atoms. The smallest absolute Gasteiger partial charge is 0.250 e. The Labute approximate surface area is 148 Å². The predicted molar refractivity (Wildman–Crippen MR) is 95.9 cm³/mol. The Hall–Kier alpha value is -2.18. The SMILES string of the molecule is CC(C)n1ccc(CNC(=O)C2CN(Cc3ccccc3)CCO2)n1. The van der Waals surface area contributed by atoms with E-state index < -0.39 is 6.10 Å². The van der Waals surface area contributed by atoms with Gasteiger partial charge in [-0.15, -0.1) is 0 Å². The van der Waals surface area contributed by atoms with Gasteiger partial charge in [0.2, 0.25) is 0 Å². The Kier molecular flexibility index (Phi) is 5.83. The van der Waals surface area contributed by atoms with Gasteiger partial charge in [0.1, 0.15) is 6.10 Å². The molecule has 1 aliphatic heterocycles. The van der Waals surface area contributed by atoms with Crippen molar-refractivity contribution in [2.45, 2.75) is 39.1 Å². The van der Waals surface area contributed by atoms with E-state index in [0.29, 0.717) is 25.7 Å². The molecule has 6 nitrogen and oxygen atoms in total. The third kappa shape index (κ3) is 4.90. The maximum Gasteiger partial charge on any atom is 0.250 e. The number of hydrogen-bond acceptors (Lipinski definition) is 4. The van der Waals surface area contributed by atoms with Crippen LogP contribution in [-0.2, 0) is 22.6 Å². The summed E-state index contributed by atoms with van der Waals surface area (Å²) in [6, 6.07) is 12.6. The molecule has 1 unspecified atom stereocenters. The summed E-state index contributed by atoms with van der Waals surface area (Å²) in [5.74, 6) is -0.0724. The van der Waals surface area contributed by atoms with Crippen molar-refractivity contribution in [2.75, 3.05) is 19.7 Å². The van der Waals surface area contributed by atoms with E-state index in [9.17, 15) is 4.79 Å². The van der Waals surface area contributed by atoms with Gasteiger partial charge in [-0.05, 0) is 25.5 Å². The topological polar surface area (TPSA) is 59.4 Å². The number of hydrogen-bond donors (Lipinski definition) is 1. The zero-order valence-electron chi connectivity index (χ0n) is 14.9. The molecule has 1 N–H and O–H groups in total. The lowest BCUT2D eigenvalue weighted by atomic mass is 10.2. The van der Waals surface area contributed by atoms with E-state index in [1.807, 2.05) is 35.1 Å². The summed E-state index contributed by atoms with van der Waals surface area (Å²) in [5.41, 5.74) is 2.11. The van der Waals surface area contributed by atoms with Gasteiger partial charge in [-0.1, -0.05) is 30.3 Å². The second-order valence-electron chi connectivity index (χ2n) is 6.68. The van der Waals surface area contributed by atoms with Gasteiger partial charge in [0.25, 0.3) is 5.91 Å². The minimum absolute atomic E-state index is 0.0724. The molecule has 0 radical (unpaired) electrons. The van der Waals surface area contributed by atoms with Crippen LogP contribution >= 0.6 is 0 Å². The molecule has 0 aliphatic carbocycles. The largest absolute Gasteiger partial charge is 0.366 e. The molecule has 0 spiro atoms. The lowest BCUT2D eigenvalue weighted by Crippen LogP contribution is -2.49. The molecule has 25 heavy (non-hydrogen) atoms. The van der Waals surface area contributed by atoms with Crippen LogP contribution in [0.3, 0.4) is 0 Å². The van der Waals surface area contributed by atoms with E-state index in [-0.39, 0.29) is 5.91 Å². The summed E-state index contributed by atoms with van der Waals surface area (Å²) in [4.78, 5) is 14.7. The van der Waals surface area contributed by atoms with Crippen molar-refractivity contribution < 1.29 is 9.53 Å². The van der Waals surface area contributed by atoms with Gasteiger partial charge >= 0.3 is 0 Å². The van der Waals surface area contributed by atoms with Gasteiger partial charge in [-0.25, -0.2) is 0 Å². The van der Waals surface area contributed by atoms with Crippen molar-refractivity contribution in [3.05, 3.63) is 53.9 Å². The second-order valence-corrected chi connectivity index (χ2v) is 6.68. The normalized spacial score (nSPS) is 18.4. The lowest BCUT2D eigenvalue weighted by Gasteiger charge is -2.32. The van der Waals surface area contributed by atoms with Crippen LogP contribution < -0.4 is 5.32 Å². The lowest BCUT2D eigenvalue weighted by molar-refractivity contribution is -0.139. The van der Waals surface area contributed by atoms with Crippen molar-refractivity contribution in [3.8, 4) is 0 Å². The fraction of sp³-hybridized carbons (Fsp3) is 0.474. The molecule has 1 atom stereocenters. The molecule has 2 aromatic rings. The number of carbonyl (C=O) groups is 1. The molecular weight excluding hydrogens is 316 g/mol. The van der Waals surface area contributed by atoms with Gasteiger partial charge in [-0.3, -0.25) is 14.4 Å². The van der Waals surface area contributed by atoms with E-state index in [4.69, 9.17) is 4.74 Å². The Morgan fingerprint density at radius 2 is 2.12 bits per heavy atom. The van der Waals surface area contributed by atoms with Crippen LogP contribution in [0.5, 0.6) is 0 Å². The predicted octanol–water partition coefficient (Wildman–Crippen LogP) is 1.98. The molecule has 1 aromatic heterocycles. The van der Waals surface area contributed by atoms with E-state index >= 15 is 0 Å². The number of carbonyl (C=O) groups excluding carboxylic acids is 1. The van der Waals surface area contributed by atoms with E-state index in [0.717, 1.165) is 18.8 Å². The molecule has 6 heteroatoms. The summed E-state index contributed by atoms with van der Waals surface area (Å²) >= 11 is 0. The quantitative estimate of drug-likeness (QED) is 0.872. The van der Waals surface area contributed by atoms with Crippen molar-refractivity contribution >= 4 is 5.91 Å². The maximum absolute atomic E-state index is 12.4. The third-order valence-corrected chi connectivity index (χ3v) is 4.33. The highest BCUT2D eigenvalue weighted by molar-refractivity contribution is 5.81. The molecule has 1 amide bonds. The zero-order chi connectivity index (χ0) is 17.6. The monoisotopic (exact) mass is 342 g/mol. The molecule has 3 rings (SSSR count). The average molecular weight is 342 g/mol. The number of benzene rings is 1. The van der Waals surface area contributed by atoms with Gasteiger partial charge in [0.05, 0.1) is 18.8 Å². The van der Waals surface area contributed by atoms with Crippen molar-refractivity contribution in [1.82, 2.24) is 20.0 Å². The van der Waals surface area contributed by atoms with Crippen LogP contribution in [0.15, 0.2) is 42.6 Å². The van der Waals surface area contributed by atoms with Crippen LogP contribution in [-0.4, -0.2) is 46.4 Å². The Morgan fingerprint density at radius 1 is 1.32 bits per heavy atom. The summed E-state index contributed by atoms with van der Waals surface area (Å²) < 4.78 is 7.55. The highest BCUT2D eigenvalue weighted by Gasteiger charge is 2.26. The first-order valence-corrected chi connectivity index (χ1v) is 8.81. The van der Waals surface area contributed by atoms with Gasteiger partial charge in [0.15, 0.2) is 0 Å². The summed E-state index contributed by atoms with van der Waals surface area (Å²) in [7, 11) is 0. The Bertz CT molecular complexity index is 684. The first kappa shape index (κ1) is 17.6. The van der Waals surface area contributed by atoms with Crippen LogP contribution in [0.4, 0.5) is 0 Å². The number of morpholine rings is 1. The number of nitrogens with one attached hydrogen (secondary N) is 1. The molecule has 1 aromatic carbocycles. The minimum atomic E-state index is -0.426. The standard InChI is InChI=1S/C19H26N4O2/c1-15(2)23-9-8-17(21-23)12-20-19(24)18-14-22(10-11-25-18)13-16-6-4-3-5-7-16/h3-9,15,18H,10-14H2,1-2H3,(H,20,24). The summed E-state index contributed by atoms with van der Waals surface area (Å²) in [5, 5.41) is 7.39. The van der Waals surface area contributed by atoms with E-state index in [2.05, 4.69) is 41.3 Å². The second kappa shape index (κ2) is 8.27. The average Bonchev–Trinajstić information content (AvgIpc) is 3.10. The van der Waals surface area contributed by atoms with Gasteiger partial charge in [0, 0.05) is 31.9 Å². The zero-order valence-corrected chi connectivity index (χ0v) is 14.9. The van der Waals surface area contributed by atoms with Gasteiger partial charge < -0.3 is 10.1 Å². The van der Waals surface area contributed by atoms with E-state index in [1.54, 1.807) is 0 Å². The molecule has 134 valence electrons. The summed E-state index contributed by atoms with van der Waals surface area (Å²) in [6.07, 6.45) is 1.51. The number of nitrogens with zero attached hydrogens (tertiary/aromatic N) is 3. The van der Waals surface area contributed by atoms with Crippen LogP contribution in [0.25, 0.3) is 0 Å². The Morgan fingerprint density at radius 3 is 2.84 bits per heavy atom. The molecular formula is C19H26N4O2. The first-order chi connectivity index (χ1) is 12.1. The van der Waals surface area contributed by atoms with Crippen LogP contribution in [0, 0.1) is 0 Å². The number of aromatic nitrogens is 2. The fourth-order valence-electron chi connectivity index (χ4n) is 2.90. The van der Waals surface area contributed by atoms with Crippen molar-refractivity contribution in [1.29, 1.82) is 0 Å². The third-order valence-electron chi connectivity index (χ3n) is 4.33. The van der Waals surface area contributed by atoms with E-state index in [1.165, 1.54) is 5.56 Å². The minimum Gasteiger partial charge on any atom is -0.366 e. The van der Waals surface area contributed by atoms with Gasteiger partial charge in [-0.2, -0.15) is 5.10 Å².